The number of rotatable bonds is 6. The smallest absolute Gasteiger partial charge is 0.262 e. The van der Waals surface area contributed by atoms with E-state index in [1.807, 2.05) is 34.9 Å². The van der Waals surface area contributed by atoms with Gasteiger partial charge in [-0.15, -0.1) is 0 Å². The van der Waals surface area contributed by atoms with Gasteiger partial charge in [0.25, 0.3) is 16.9 Å². The first-order valence-electron chi connectivity index (χ1n) is 15.4. The lowest BCUT2D eigenvalue weighted by atomic mass is 9.83. The molecule has 2 atom stereocenters. The number of aromatic nitrogens is 2. The molecule has 0 spiro atoms. The predicted molar refractivity (Wildman–Crippen MR) is 185 cm³/mol. The summed E-state index contributed by atoms with van der Waals surface area (Å²) in [5.41, 5.74) is 3.04. The molecule has 1 saturated heterocycles. The molecule has 0 radical (unpaired) electrons. The summed E-state index contributed by atoms with van der Waals surface area (Å²) in [6.45, 7) is 2.25. The Balaban J connectivity index is 1.39. The standard InChI is InChI=1S/C38H32ClN3O2P/c39-30-21-19-28(20-22-30)36-40-37(38(44-36)41-24-27-23-29(26-41)34-17-10-18-35(43)42(34)25-27)45(31-11-4-1-5-12-31,32-13-6-2-7-14-32)33-15-8-3-9-16-33/h1-22,27,29H,23-26H2/q+1/t27-,29+/m1/s1. The van der Waals surface area contributed by atoms with Crippen LogP contribution < -0.4 is 31.8 Å². The molecule has 2 bridgehead atoms. The minimum absolute atomic E-state index is 0.0863. The first-order chi connectivity index (χ1) is 22.1. The van der Waals surface area contributed by atoms with E-state index in [-0.39, 0.29) is 11.5 Å². The van der Waals surface area contributed by atoms with Gasteiger partial charge in [0.1, 0.15) is 15.9 Å². The highest BCUT2D eigenvalue weighted by Gasteiger charge is 2.54. The molecule has 0 saturated carbocycles. The van der Waals surface area contributed by atoms with Crippen LogP contribution in [0.2, 0.25) is 5.02 Å². The first-order valence-corrected chi connectivity index (χ1v) is 17.6. The zero-order chi connectivity index (χ0) is 30.4. The molecule has 45 heavy (non-hydrogen) atoms. The Morgan fingerprint density at radius 3 is 1.89 bits per heavy atom. The first kappa shape index (κ1) is 28.1. The maximum atomic E-state index is 12.8. The number of benzene rings is 4. The van der Waals surface area contributed by atoms with Crippen LogP contribution in [0, 0.1) is 5.92 Å². The molecule has 2 aromatic heterocycles. The lowest BCUT2D eigenvalue weighted by molar-refractivity contribution is 0.275. The van der Waals surface area contributed by atoms with Crippen molar-refractivity contribution in [2.24, 2.45) is 5.92 Å². The van der Waals surface area contributed by atoms with Gasteiger partial charge in [0.2, 0.25) is 5.89 Å². The fourth-order valence-electron chi connectivity index (χ4n) is 7.28. The normalized spacial score (nSPS) is 17.6. The van der Waals surface area contributed by atoms with E-state index in [2.05, 4.69) is 102 Å². The van der Waals surface area contributed by atoms with E-state index in [1.54, 1.807) is 6.07 Å². The van der Waals surface area contributed by atoms with Gasteiger partial charge in [0, 0.05) is 47.9 Å². The Kier molecular flexibility index (Phi) is 7.16. The molecule has 1 fully saturated rings. The summed E-state index contributed by atoms with van der Waals surface area (Å²) in [4.78, 5) is 20.7. The molecule has 0 N–H and O–H groups in total. The molecule has 8 rings (SSSR count). The highest BCUT2D eigenvalue weighted by molar-refractivity contribution is 8.01. The molecule has 222 valence electrons. The molecule has 2 aliphatic heterocycles. The van der Waals surface area contributed by atoms with Crippen LogP contribution in [-0.4, -0.2) is 22.6 Å². The van der Waals surface area contributed by atoms with Crippen LogP contribution in [0.1, 0.15) is 18.0 Å². The third kappa shape index (κ3) is 4.82. The average molecular weight is 629 g/mol. The van der Waals surface area contributed by atoms with Gasteiger partial charge in [-0.1, -0.05) is 72.3 Å². The van der Waals surface area contributed by atoms with E-state index in [4.69, 9.17) is 21.0 Å². The number of hydrogen-bond acceptors (Lipinski definition) is 4. The Labute approximate surface area is 268 Å². The van der Waals surface area contributed by atoms with Gasteiger partial charge in [0.15, 0.2) is 7.26 Å². The van der Waals surface area contributed by atoms with Crippen molar-refractivity contribution in [2.45, 2.75) is 18.9 Å². The molecule has 5 nitrogen and oxygen atoms in total. The fraction of sp³-hybridized carbons (Fsp3) is 0.158. The zero-order valence-corrected chi connectivity index (χ0v) is 26.3. The molecule has 6 aromatic rings. The molecule has 0 amide bonds. The highest BCUT2D eigenvalue weighted by atomic mass is 35.5. The number of hydrogen-bond donors (Lipinski definition) is 0. The van der Waals surface area contributed by atoms with E-state index in [1.165, 1.54) is 15.9 Å². The third-order valence-corrected chi connectivity index (χ3v) is 13.6. The second kappa shape index (κ2) is 11.5. The molecule has 4 heterocycles. The number of piperidine rings is 1. The zero-order valence-electron chi connectivity index (χ0n) is 24.7. The Morgan fingerprint density at radius 2 is 1.29 bits per heavy atom. The third-order valence-electron chi connectivity index (χ3n) is 9.20. The lowest BCUT2D eigenvalue weighted by Gasteiger charge is -2.42. The van der Waals surface area contributed by atoms with Crippen molar-refractivity contribution in [1.29, 1.82) is 0 Å². The van der Waals surface area contributed by atoms with Crippen LogP contribution in [0.15, 0.2) is 143 Å². The van der Waals surface area contributed by atoms with Crippen LogP contribution >= 0.6 is 18.9 Å². The largest absolute Gasteiger partial charge is 0.416 e. The topological polar surface area (TPSA) is 51.3 Å². The fourth-order valence-corrected chi connectivity index (χ4v) is 11.6. The second-order valence-electron chi connectivity index (χ2n) is 11.9. The Bertz CT molecular complexity index is 1910. The van der Waals surface area contributed by atoms with Crippen molar-refractivity contribution in [1.82, 2.24) is 9.55 Å². The van der Waals surface area contributed by atoms with Crippen molar-refractivity contribution in [2.75, 3.05) is 18.0 Å². The number of pyridine rings is 1. The van der Waals surface area contributed by atoms with Gasteiger partial charge in [-0.25, -0.2) is 0 Å². The van der Waals surface area contributed by atoms with Gasteiger partial charge in [-0.2, -0.15) is 4.98 Å². The molecular formula is C38H32ClN3O2P+. The summed E-state index contributed by atoms with van der Waals surface area (Å²) < 4.78 is 8.94. The van der Waals surface area contributed by atoms with Crippen molar-refractivity contribution < 1.29 is 4.42 Å². The number of anilines is 1. The van der Waals surface area contributed by atoms with Crippen LogP contribution in [0.25, 0.3) is 11.5 Å². The Hall–Kier alpha value is -4.44. The van der Waals surface area contributed by atoms with E-state index < -0.39 is 7.26 Å². The molecule has 0 aliphatic carbocycles. The number of nitrogens with zero attached hydrogens (tertiary/aromatic N) is 3. The van der Waals surface area contributed by atoms with Gasteiger partial charge in [0.05, 0.1) is 0 Å². The van der Waals surface area contributed by atoms with E-state index >= 15 is 0 Å². The van der Waals surface area contributed by atoms with Crippen molar-refractivity contribution in [3.8, 4) is 11.5 Å². The molecule has 2 aliphatic rings. The number of fused-ring (bicyclic) bond motifs is 4. The van der Waals surface area contributed by atoms with Crippen molar-refractivity contribution in [3.63, 3.8) is 0 Å². The minimum Gasteiger partial charge on any atom is -0.416 e. The van der Waals surface area contributed by atoms with Crippen LogP contribution in [-0.2, 0) is 6.54 Å². The van der Waals surface area contributed by atoms with Crippen molar-refractivity contribution >= 4 is 46.1 Å². The summed E-state index contributed by atoms with van der Waals surface area (Å²) >= 11 is 6.30. The maximum Gasteiger partial charge on any atom is 0.262 e. The average Bonchev–Trinajstić information content (AvgIpc) is 3.53. The molecular weight excluding hydrogens is 597 g/mol. The van der Waals surface area contributed by atoms with Gasteiger partial charge in [-0.05, 0) is 79.1 Å². The highest BCUT2D eigenvalue weighted by Crippen LogP contribution is 2.56. The summed E-state index contributed by atoms with van der Waals surface area (Å²) in [6, 6.07) is 45.8. The summed E-state index contributed by atoms with van der Waals surface area (Å²) in [6.07, 6.45) is 1.06. The van der Waals surface area contributed by atoms with E-state index in [0.717, 1.165) is 42.1 Å². The van der Waals surface area contributed by atoms with Gasteiger partial charge < -0.3 is 13.9 Å². The Morgan fingerprint density at radius 1 is 0.689 bits per heavy atom. The van der Waals surface area contributed by atoms with Crippen LogP contribution in [0.3, 0.4) is 0 Å². The van der Waals surface area contributed by atoms with Crippen molar-refractivity contribution in [3.05, 3.63) is 155 Å². The number of oxazole rings is 1. The molecule has 4 aromatic carbocycles. The van der Waals surface area contributed by atoms with E-state index in [9.17, 15) is 4.79 Å². The SMILES string of the molecule is O=c1cccc2n1C[C@@H]1C[C@H]2CN(c2oc(-c3ccc(Cl)cc3)nc2[P+](c2ccccc2)(c2ccccc2)c2ccccc2)C1. The summed E-state index contributed by atoms with van der Waals surface area (Å²) in [7, 11) is -2.55. The van der Waals surface area contributed by atoms with Crippen LogP contribution in [0.4, 0.5) is 5.88 Å². The quantitative estimate of drug-likeness (QED) is 0.200. The van der Waals surface area contributed by atoms with Crippen LogP contribution in [0.5, 0.6) is 0 Å². The molecule has 0 unspecified atom stereocenters. The lowest BCUT2D eigenvalue weighted by Crippen LogP contribution is -2.49. The molecule has 7 heteroatoms. The minimum atomic E-state index is -2.55. The summed E-state index contributed by atoms with van der Waals surface area (Å²) in [5, 5.41) is 4.32. The van der Waals surface area contributed by atoms with Gasteiger partial charge >= 0.3 is 0 Å². The monoisotopic (exact) mass is 628 g/mol. The summed E-state index contributed by atoms with van der Waals surface area (Å²) in [5.74, 6) is 1.94. The predicted octanol–water partition coefficient (Wildman–Crippen LogP) is 6.40. The maximum absolute atomic E-state index is 12.8. The number of halogens is 1. The van der Waals surface area contributed by atoms with Gasteiger partial charge in [-0.3, -0.25) is 4.79 Å². The second-order valence-corrected chi connectivity index (χ2v) is 15.7. The van der Waals surface area contributed by atoms with E-state index in [0.29, 0.717) is 23.4 Å².